The summed E-state index contributed by atoms with van der Waals surface area (Å²) in [5, 5.41) is 6.08. The predicted molar refractivity (Wildman–Crippen MR) is 98.4 cm³/mol. The fraction of sp³-hybridized carbons (Fsp3) is 0.350. The molecule has 2 aromatic carbocycles. The van der Waals surface area contributed by atoms with E-state index in [4.69, 9.17) is 4.74 Å². The summed E-state index contributed by atoms with van der Waals surface area (Å²) in [4.78, 5) is 11.8. The number of benzene rings is 2. The van der Waals surface area contributed by atoms with E-state index in [0.29, 0.717) is 25.9 Å². The van der Waals surface area contributed by atoms with Gasteiger partial charge >= 0.3 is 0 Å². The topological polar surface area (TPSA) is 50.4 Å². The Kier molecular flexibility index (Phi) is 7.26. The van der Waals surface area contributed by atoms with Gasteiger partial charge in [-0.25, -0.2) is 4.39 Å². The van der Waals surface area contributed by atoms with Gasteiger partial charge in [0.15, 0.2) is 0 Å². The molecule has 0 aromatic heterocycles. The molecule has 0 radical (unpaired) electrons. The molecular weight excluding hydrogens is 319 g/mol. The van der Waals surface area contributed by atoms with Gasteiger partial charge in [-0.3, -0.25) is 4.79 Å². The number of hydrogen-bond donors (Lipinski definition) is 2. The van der Waals surface area contributed by atoms with Crippen LogP contribution in [0.4, 0.5) is 10.1 Å². The molecule has 0 saturated heterocycles. The summed E-state index contributed by atoms with van der Waals surface area (Å²) < 4.78 is 18.4. The van der Waals surface area contributed by atoms with E-state index in [1.165, 1.54) is 12.1 Å². The molecule has 0 aliphatic rings. The van der Waals surface area contributed by atoms with Crippen molar-refractivity contribution in [2.75, 3.05) is 18.4 Å². The smallest absolute Gasteiger partial charge is 0.221 e. The molecular formula is C20H25FN2O2. The Morgan fingerprint density at radius 2 is 1.72 bits per heavy atom. The summed E-state index contributed by atoms with van der Waals surface area (Å²) >= 11 is 0. The Labute approximate surface area is 148 Å². The molecule has 0 spiro atoms. The third kappa shape index (κ3) is 7.25. The number of carbonyl (C=O) groups is 1. The molecule has 2 rings (SSSR count). The summed E-state index contributed by atoms with van der Waals surface area (Å²) in [6, 6.07) is 14.0. The number of rotatable bonds is 9. The van der Waals surface area contributed by atoms with Crippen LogP contribution in [0.25, 0.3) is 0 Å². The van der Waals surface area contributed by atoms with Crippen molar-refractivity contribution in [1.82, 2.24) is 5.32 Å². The molecule has 0 saturated carbocycles. The first-order valence-corrected chi connectivity index (χ1v) is 8.54. The first kappa shape index (κ1) is 18.8. The van der Waals surface area contributed by atoms with Gasteiger partial charge in [-0.05, 0) is 62.2 Å². The van der Waals surface area contributed by atoms with Gasteiger partial charge in [0.05, 0.1) is 6.10 Å². The lowest BCUT2D eigenvalue weighted by Gasteiger charge is -2.11. The highest BCUT2D eigenvalue weighted by Crippen LogP contribution is 2.16. The van der Waals surface area contributed by atoms with Crippen LogP contribution in [-0.4, -0.2) is 25.1 Å². The summed E-state index contributed by atoms with van der Waals surface area (Å²) in [7, 11) is 0. The first-order valence-electron chi connectivity index (χ1n) is 8.54. The minimum absolute atomic E-state index is 0.00521. The molecule has 1 amide bonds. The Hall–Kier alpha value is -2.56. The normalized spacial score (nSPS) is 10.6. The molecule has 134 valence electrons. The van der Waals surface area contributed by atoms with Crippen molar-refractivity contribution < 1.29 is 13.9 Å². The second-order valence-corrected chi connectivity index (χ2v) is 6.09. The van der Waals surface area contributed by atoms with Gasteiger partial charge in [-0.15, -0.1) is 0 Å². The summed E-state index contributed by atoms with van der Waals surface area (Å²) in [6.07, 6.45) is 1.24. The Balaban J connectivity index is 1.62. The van der Waals surface area contributed by atoms with Crippen LogP contribution in [0.5, 0.6) is 5.75 Å². The second-order valence-electron chi connectivity index (χ2n) is 6.09. The van der Waals surface area contributed by atoms with Crippen LogP contribution < -0.4 is 15.4 Å². The van der Waals surface area contributed by atoms with Gasteiger partial charge in [0.25, 0.3) is 0 Å². The van der Waals surface area contributed by atoms with Crippen LogP contribution in [0.2, 0.25) is 0 Å². The first-order chi connectivity index (χ1) is 12.0. The fourth-order valence-electron chi connectivity index (χ4n) is 2.33. The van der Waals surface area contributed by atoms with Crippen LogP contribution in [0.15, 0.2) is 48.5 Å². The lowest BCUT2D eigenvalue weighted by molar-refractivity contribution is -0.120. The Morgan fingerprint density at radius 3 is 2.36 bits per heavy atom. The maximum Gasteiger partial charge on any atom is 0.221 e. The van der Waals surface area contributed by atoms with Crippen molar-refractivity contribution in [3.63, 3.8) is 0 Å². The third-order valence-electron chi connectivity index (χ3n) is 3.56. The maximum absolute atomic E-state index is 12.8. The number of ether oxygens (including phenoxy) is 1. The van der Waals surface area contributed by atoms with Crippen LogP contribution in [-0.2, 0) is 11.2 Å². The Bertz CT molecular complexity index is 654. The summed E-state index contributed by atoms with van der Waals surface area (Å²) in [5.41, 5.74) is 1.96. The number of hydrogen-bond acceptors (Lipinski definition) is 3. The average molecular weight is 344 g/mol. The molecule has 0 fully saturated rings. The van der Waals surface area contributed by atoms with Crippen molar-refractivity contribution in [3.8, 4) is 5.75 Å². The van der Waals surface area contributed by atoms with E-state index in [1.54, 1.807) is 12.1 Å². The van der Waals surface area contributed by atoms with E-state index >= 15 is 0 Å². The van der Waals surface area contributed by atoms with Crippen LogP contribution >= 0.6 is 0 Å². The zero-order chi connectivity index (χ0) is 18.1. The van der Waals surface area contributed by atoms with Crippen molar-refractivity contribution >= 4 is 11.6 Å². The van der Waals surface area contributed by atoms with Crippen LogP contribution in [0, 0.1) is 5.82 Å². The Morgan fingerprint density at radius 1 is 1.04 bits per heavy atom. The lowest BCUT2D eigenvalue weighted by Crippen LogP contribution is -2.27. The van der Waals surface area contributed by atoms with E-state index in [2.05, 4.69) is 10.6 Å². The fourth-order valence-corrected chi connectivity index (χ4v) is 2.33. The second kappa shape index (κ2) is 9.67. The number of nitrogens with one attached hydrogen (secondary N) is 2. The predicted octanol–water partition coefficient (Wildman–Crippen LogP) is 3.77. The molecule has 0 atom stereocenters. The molecule has 0 aliphatic heterocycles. The van der Waals surface area contributed by atoms with Crippen LogP contribution in [0.3, 0.4) is 0 Å². The molecule has 4 nitrogen and oxygen atoms in total. The third-order valence-corrected chi connectivity index (χ3v) is 3.56. The van der Waals surface area contributed by atoms with E-state index < -0.39 is 0 Å². The highest BCUT2D eigenvalue weighted by atomic mass is 19.1. The minimum Gasteiger partial charge on any atom is -0.491 e. The standard InChI is InChI=1S/C20H25FN2O2/c1-15(2)25-19-9-7-18(8-10-19)22-14-12-20(24)23-13-11-16-3-5-17(21)6-4-16/h3-10,15,22H,11-14H2,1-2H3,(H,23,24). The molecule has 0 heterocycles. The number of anilines is 1. The van der Waals surface area contributed by atoms with Gasteiger partial charge < -0.3 is 15.4 Å². The largest absolute Gasteiger partial charge is 0.491 e. The zero-order valence-electron chi connectivity index (χ0n) is 14.7. The molecule has 2 N–H and O–H groups in total. The molecule has 25 heavy (non-hydrogen) atoms. The highest BCUT2D eigenvalue weighted by Gasteiger charge is 2.02. The average Bonchev–Trinajstić information content (AvgIpc) is 2.58. The number of carbonyl (C=O) groups excluding carboxylic acids is 1. The zero-order valence-corrected chi connectivity index (χ0v) is 14.7. The van der Waals surface area contributed by atoms with Gasteiger partial charge in [0, 0.05) is 25.2 Å². The van der Waals surface area contributed by atoms with Crippen molar-refractivity contribution in [2.24, 2.45) is 0 Å². The monoisotopic (exact) mass is 344 g/mol. The van der Waals surface area contributed by atoms with Gasteiger partial charge in [0.1, 0.15) is 11.6 Å². The lowest BCUT2D eigenvalue weighted by atomic mass is 10.1. The van der Waals surface area contributed by atoms with E-state index in [0.717, 1.165) is 17.0 Å². The van der Waals surface area contributed by atoms with Gasteiger partial charge in [0.2, 0.25) is 5.91 Å². The van der Waals surface area contributed by atoms with Crippen molar-refractivity contribution in [2.45, 2.75) is 32.8 Å². The quantitative estimate of drug-likeness (QED) is 0.728. The summed E-state index contributed by atoms with van der Waals surface area (Å²) in [6.45, 7) is 5.08. The molecule has 5 heteroatoms. The van der Waals surface area contributed by atoms with Crippen molar-refractivity contribution in [3.05, 3.63) is 59.9 Å². The molecule has 2 aromatic rings. The van der Waals surface area contributed by atoms with Crippen molar-refractivity contribution in [1.29, 1.82) is 0 Å². The van der Waals surface area contributed by atoms with Gasteiger partial charge in [-0.2, -0.15) is 0 Å². The SMILES string of the molecule is CC(C)Oc1ccc(NCCC(=O)NCCc2ccc(F)cc2)cc1. The van der Waals surface area contributed by atoms with Crippen LogP contribution in [0.1, 0.15) is 25.8 Å². The number of amides is 1. The molecule has 0 bridgehead atoms. The van der Waals surface area contributed by atoms with Gasteiger partial charge in [-0.1, -0.05) is 12.1 Å². The minimum atomic E-state index is -0.248. The molecule has 0 unspecified atom stereocenters. The van der Waals surface area contributed by atoms with E-state index in [-0.39, 0.29) is 17.8 Å². The highest BCUT2D eigenvalue weighted by molar-refractivity contribution is 5.76. The summed E-state index contributed by atoms with van der Waals surface area (Å²) in [5.74, 6) is 0.580. The molecule has 0 aliphatic carbocycles. The van der Waals surface area contributed by atoms with E-state index in [9.17, 15) is 9.18 Å². The van der Waals surface area contributed by atoms with E-state index in [1.807, 2.05) is 38.1 Å². The number of halogens is 1. The maximum atomic E-state index is 12.8.